The minimum absolute atomic E-state index is 0.0325. The van der Waals surface area contributed by atoms with Gasteiger partial charge in [0.1, 0.15) is 0 Å². The molecule has 3 nitrogen and oxygen atoms in total. The second-order valence-corrected chi connectivity index (χ2v) is 4.56. The van der Waals surface area contributed by atoms with Crippen LogP contribution >= 0.6 is 0 Å². The highest BCUT2D eigenvalue weighted by atomic mass is 16.5. The van der Waals surface area contributed by atoms with Gasteiger partial charge in [0, 0.05) is 19.2 Å². The van der Waals surface area contributed by atoms with Crippen LogP contribution in [0, 0.1) is 0 Å². The Balaban J connectivity index is 2.03. The lowest BCUT2D eigenvalue weighted by Gasteiger charge is -2.31. The number of hydrogen-bond acceptors (Lipinski definition) is 3. The van der Waals surface area contributed by atoms with Crippen molar-refractivity contribution in [3.8, 4) is 0 Å². The monoisotopic (exact) mass is 220 g/mol. The number of hydrogen-bond donors (Lipinski definition) is 2. The Labute approximate surface area is 97.0 Å². The van der Waals surface area contributed by atoms with Crippen LogP contribution in [0.25, 0.3) is 0 Å². The van der Waals surface area contributed by atoms with Crippen LogP contribution in [0.1, 0.15) is 24.9 Å². The highest BCUT2D eigenvalue weighted by molar-refractivity contribution is 5.19. The Morgan fingerprint density at radius 2 is 2.19 bits per heavy atom. The van der Waals surface area contributed by atoms with Gasteiger partial charge in [-0.2, -0.15) is 0 Å². The van der Waals surface area contributed by atoms with Crippen LogP contribution in [-0.4, -0.2) is 25.3 Å². The third-order valence-corrected chi connectivity index (χ3v) is 3.32. The molecule has 2 rings (SSSR count). The van der Waals surface area contributed by atoms with Gasteiger partial charge in [-0.25, -0.2) is 0 Å². The molecule has 0 bridgehead atoms. The lowest BCUT2D eigenvalue weighted by Crippen LogP contribution is -2.52. The van der Waals surface area contributed by atoms with E-state index in [-0.39, 0.29) is 5.54 Å². The van der Waals surface area contributed by atoms with Crippen molar-refractivity contribution in [2.75, 3.05) is 19.8 Å². The number of nitrogens with one attached hydrogen (secondary N) is 1. The van der Waals surface area contributed by atoms with Gasteiger partial charge in [-0.15, -0.1) is 0 Å². The van der Waals surface area contributed by atoms with Gasteiger partial charge in [-0.05, 0) is 18.9 Å². The molecule has 1 aromatic carbocycles. The Bertz CT molecular complexity index is 320. The average Bonchev–Trinajstić information content (AvgIpc) is 2.79. The maximum absolute atomic E-state index is 5.85. The molecule has 2 atom stereocenters. The number of benzene rings is 1. The van der Waals surface area contributed by atoms with E-state index in [2.05, 4.69) is 36.5 Å². The first-order valence-corrected chi connectivity index (χ1v) is 5.86. The lowest BCUT2D eigenvalue weighted by atomic mass is 9.96. The fraction of sp³-hybridized carbons (Fsp3) is 0.538. The van der Waals surface area contributed by atoms with E-state index in [1.165, 1.54) is 5.56 Å². The predicted molar refractivity (Wildman–Crippen MR) is 65.2 cm³/mol. The van der Waals surface area contributed by atoms with E-state index >= 15 is 0 Å². The molecule has 0 aromatic heterocycles. The molecular weight excluding hydrogens is 200 g/mol. The van der Waals surface area contributed by atoms with Crippen LogP contribution in [0.2, 0.25) is 0 Å². The second-order valence-electron chi connectivity index (χ2n) is 4.56. The zero-order valence-electron chi connectivity index (χ0n) is 9.78. The van der Waals surface area contributed by atoms with Crippen molar-refractivity contribution in [2.45, 2.75) is 24.9 Å². The molecule has 1 aliphatic heterocycles. The number of rotatable bonds is 4. The van der Waals surface area contributed by atoms with E-state index in [1.807, 2.05) is 6.07 Å². The van der Waals surface area contributed by atoms with Crippen LogP contribution in [0.4, 0.5) is 0 Å². The molecule has 3 heteroatoms. The summed E-state index contributed by atoms with van der Waals surface area (Å²) in [6, 6.07) is 10.7. The molecule has 0 spiro atoms. The quantitative estimate of drug-likeness (QED) is 0.807. The Hall–Kier alpha value is -0.900. The summed E-state index contributed by atoms with van der Waals surface area (Å²) in [5.41, 5.74) is 7.11. The average molecular weight is 220 g/mol. The van der Waals surface area contributed by atoms with E-state index in [9.17, 15) is 0 Å². The second kappa shape index (κ2) is 4.95. The van der Waals surface area contributed by atoms with Crippen molar-refractivity contribution in [1.29, 1.82) is 0 Å². The fourth-order valence-electron chi connectivity index (χ4n) is 2.23. The summed E-state index contributed by atoms with van der Waals surface area (Å²) in [6.45, 7) is 4.33. The van der Waals surface area contributed by atoms with Gasteiger partial charge in [0.25, 0.3) is 0 Å². The van der Waals surface area contributed by atoms with Crippen molar-refractivity contribution in [2.24, 2.45) is 5.73 Å². The summed E-state index contributed by atoms with van der Waals surface area (Å²) in [4.78, 5) is 0. The molecule has 1 aliphatic rings. The standard InChI is InChI=1S/C13H20N2O/c1-11(12-5-3-2-4-6-12)15-13(9-14)7-8-16-10-13/h2-6,11,15H,7-10,14H2,1H3. The van der Waals surface area contributed by atoms with E-state index in [0.717, 1.165) is 19.6 Å². The van der Waals surface area contributed by atoms with E-state index in [0.29, 0.717) is 12.6 Å². The van der Waals surface area contributed by atoms with E-state index in [4.69, 9.17) is 10.5 Å². The predicted octanol–water partition coefficient (Wildman–Crippen LogP) is 1.45. The first-order chi connectivity index (χ1) is 7.76. The van der Waals surface area contributed by atoms with Gasteiger partial charge in [0.2, 0.25) is 0 Å². The lowest BCUT2D eigenvalue weighted by molar-refractivity contribution is 0.164. The molecule has 1 heterocycles. The largest absolute Gasteiger partial charge is 0.379 e. The molecule has 0 saturated carbocycles. The highest BCUT2D eigenvalue weighted by Crippen LogP contribution is 2.22. The smallest absolute Gasteiger partial charge is 0.0661 e. The van der Waals surface area contributed by atoms with Crippen LogP contribution in [0.15, 0.2) is 30.3 Å². The highest BCUT2D eigenvalue weighted by Gasteiger charge is 2.34. The van der Waals surface area contributed by atoms with Crippen molar-refractivity contribution >= 4 is 0 Å². The van der Waals surface area contributed by atoms with E-state index in [1.54, 1.807) is 0 Å². The van der Waals surface area contributed by atoms with Gasteiger partial charge in [0.05, 0.1) is 12.1 Å². The van der Waals surface area contributed by atoms with Crippen LogP contribution < -0.4 is 11.1 Å². The Morgan fingerprint density at radius 1 is 1.44 bits per heavy atom. The van der Waals surface area contributed by atoms with Crippen molar-refractivity contribution < 1.29 is 4.74 Å². The summed E-state index contributed by atoms with van der Waals surface area (Å²) in [5.74, 6) is 0. The molecule has 1 aromatic rings. The first kappa shape index (κ1) is 11.6. The van der Waals surface area contributed by atoms with Crippen molar-refractivity contribution in [3.63, 3.8) is 0 Å². The maximum atomic E-state index is 5.85. The molecule has 0 radical (unpaired) electrons. The normalized spacial score (nSPS) is 26.9. The SMILES string of the molecule is CC(NC1(CN)CCOC1)c1ccccc1. The molecule has 1 fully saturated rings. The van der Waals surface area contributed by atoms with Crippen molar-refractivity contribution in [1.82, 2.24) is 5.32 Å². The van der Waals surface area contributed by atoms with Crippen LogP contribution in [0.3, 0.4) is 0 Å². The van der Waals surface area contributed by atoms with Gasteiger partial charge in [-0.3, -0.25) is 0 Å². The Kier molecular flexibility index (Phi) is 3.59. The zero-order valence-corrected chi connectivity index (χ0v) is 9.78. The Morgan fingerprint density at radius 3 is 2.75 bits per heavy atom. The van der Waals surface area contributed by atoms with Crippen LogP contribution in [0.5, 0.6) is 0 Å². The van der Waals surface area contributed by atoms with Gasteiger partial charge < -0.3 is 15.8 Å². The summed E-state index contributed by atoms with van der Waals surface area (Å²) in [5, 5.41) is 3.61. The van der Waals surface area contributed by atoms with Crippen molar-refractivity contribution in [3.05, 3.63) is 35.9 Å². The van der Waals surface area contributed by atoms with Gasteiger partial charge in [0.15, 0.2) is 0 Å². The number of ether oxygens (including phenoxy) is 1. The van der Waals surface area contributed by atoms with Crippen LogP contribution in [-0.2, 0) is 4.74 Å². The molecular formula is C13H20N2O. The molecule has 1 saturated heterocycles. The summed E-state index contributed by atoms with van der Waals surface area (Å²) >= 11 is 0. The summed E-state index contributed by atoms with van der Waals surface area (Å²) < 4.78 is 5.45. The van der Waals surface area contributed by atoms with Gasteiger partial charge >= 0.3 is 0 Å². The molecule has 3 N–H and O–H groups in total. The summed E-state index contributed by atoms with van der Waals surface area (Å²) in [7, 11) is 0. The van der Waals surface area contributed by atoms with E-state index < -0.39 is 0 Å². The van der Waals surface area contributed by atoms with Gasteiger partial charge in [-0.1, -0.05) is 30.3 Å². The third kappa shape index (κ3) is 2.43. The molecule has 0 aliphatic carbocycles. The minimum Gasteiger partial charge on any atom is -0.379 e. The maximum Gasteiger partial charge on any atom is 0.0661 e. The molecule has 88 valence electrons. The zero-order chi connectivity index (χ0) is 11.4. The molecule has 2 unspecified atom stereocenters. The topological polar surface area (TPSA) is 47.3 Å². The molecule has 16 heavy (non-hydrogen) atoms. The fourth-order valence-corrected chi connectivity index (χ4v) is 2.23. The molecule has 0 amide bonds. The minimum atomic E-state index is -0.0325. The number of nitrogens with two attached hydrogens (primary N) is 1. The first-order valence-electron chi connectivity index (χ1n) is 5.86. The summed E-state index contributed by atoms with van der Waals surface area (Å²) in [6.07, 6.45) is 1.00. The third-order valence-electron chi connectivity index (χ3n) is 3.32.